The molecule has 4 heteroatoms. The number of ether oxygens (including phenoxy) is 1. The molecule has 3 nitrogen and oxygen atoms in total. The molecular weight excluding hydrogens is 250 g/mol. The van der Waals surface area contributed by atoms with Crippen molar-refractivity contribution in [2.45, 2.75) is 20.8 Å². The van der Waals surface area contributed by atoms with Crippen molar-refractivity contribution in [2.24, 2.45) is 5.41 Å². The topological polar surface area (TPSA) is 29.5 Å². The zero-order valence-corrected chi connectivity index (χ0v) is 12.1. The Balaban J connectivity index is 2.38. The molecule has 0 radical (unpaired) electrons. The third kappa shape index (κ3) is 4.57. The van der Waals surface area contributed by atoms with Crippen LogP contribution in [-0.2, 0) is 4.79 Å². The Morgan fingerprint density at radius 1 is 1.28 bits per heavy atom. The lowest BCUT2D eigenvalue weighted by Crippen LogP contribution is -2.38. The molecular formula is C14H20ClNO2. The van der Waals surface area contributed by atoms with E-state index in [1.54, 1.807) is 24.1 Å². The first-order chi connectivity index (χ1) is 8.30. The molecule has 0 saturated carbocycles. The fourth-order valence-electron chi connectivity index (χ4n) is 1.51. The van der Waals surface area contributed by atoms with Crippen molar-refractivity contribution >= 4 is 17.5 Å². The van der Waals surface area contributed by atoms with E-state index in [4.69, 9.17) is 16.3 Å². The Morgan fingerprint density at radius 2 is 1.83 bits per heavy atom. The van der Waals surface area contributed by atoms with Crippen LogP contribution in [0, 0.1) is 5.41 Å². The molecule has 1 rings (SSSR count). The van der Waals surface area contributed by atoms with Gasteiger partial charge in [0.1, 0.15) is 12.4 Å². The summed E-state index contributed by atoms with van der Waals surface area (Å²) in [5.74, 6) is 0.873. The van der Waals surface area contributed by atoms with Gasteiger partial charge in [0.2, 0.25) is 5.91 Å². The molecule has 1 aromatic rings. The smallest absolute Gasteiger partial charge is 0.227 e. The second-order valence-electron chi connectivity index (χ2n) is 5.28. The minimum atomic E-state index is -0.352. The number of benzene rings is 1. The third-order valence-corrected chi connectivity index (χ3v) is 2.75. The molecule has 0 aromatic heterocycles. The van der Waals surface area contributed by atoms with Gasteiger partial charge in [-0.2, -0.15) is 0 Å². The number of likely N-dealkylation sites (N-methyl/N-ethyl adjacent to an activating group) is 1. The van der Waals surface area contributed by atoms with Gasteiger partial charge in [0, 0.05) is 17.5 Å². The number of carbonyl (C=O) groups excluding carboxylic acids is 1. The number of hydrogen-bond acceptors (Lipinski definition) is 2. The molecule has 0 atom stereocenters. The van der Waals surface area contributed by atoms with Crippen molar-refractivity contribution in [1.82, 2.24) is 4.90 Å². The lowest BCUT2D eigenvalue weighted by molar-refractivity contribution is -0.138. The summed E-state index contributed by atoms with van der Waals surface area (Å²) in [6, 6.07) is 7.18. The van der Waals surface area contributed by atoms with E-state index >= 15 is 0 Å². The highest BCUT2D eigenvalue weighted by atomic mass is 35.5. The van der Waals surface area contributed by atoms with Crippen LogP contribution in [0.1, 0.15) is 20.8 Å². The van der Waals surface area contributed by atoms with Gasteiger partial charge in [-0.15, -0.1) is 0 Å². The Kier molecular flexibility index (Phi) is 5.03. The zero-order chi connectivity index (χ0) is 13.8. The van der Waals surface area contributed by atoms with Crippen molar-refractivity contribution in [3.63, 3.8) is 0 Å². The molecule has 0 aliphatic rings. The van der Waals surface area contributed by atoms with Crippen molar-refractivity contribution in [3.8, 4) is 5.75 Å². The molecule has 0 fully saturated rings. The number of nitrogens with zero attached hydrogens (tertiary/aromatic N) is 1. The summed E-state index contributed by atoms with van der Waals surface area (Å²) in [4.78, 5) is 13.6. The fourth-order valence-corrected chi connectivity index (χ4v) is 1.63. The summed E-state index contributed by atoms with van der Waals surface area (Å²) in [6.07, 6.45) is 0. The summed E-state index contributed by atoms with van der Waals surface area (Å²) >= 11 is 5.78. The van der Waals surface area contributed by atoms with Crippen LogP contribution in [0.2, 0.25) is 5.02 Å². The first kappa shape index (κ1) is 14.8. The Bertz CT molecular complexity index is 395. The van der Waals surface area contributed by atoms with Crippen LogP contribution < -0.4 is 4.74 Å². The molecule has 100 valence electrons. The van der Waals surface area contributed by atoms with E-state index in [2.05, 4.69) is 0 Å². The van der Waals surface area contributed by atoms with Crippen LogP contribution in [-0.4, -0.2) is 31.0 Å². The fraction of sp³-hybridized carbons (Fsp3) is 0.500. The molecule has 1 amide bonds. The highest BCUT2D eigenvalue weighted by Gasteiger charge is 2.24. The van der Waals surface area contributed by atoms with Crippen LogP contribution in [0.3, 0.4) is 0 Å². The average molecular weight is 270 g/mol. The summed E-state index contributed by atoms with van der Waals surface area (Å²) in [5.41, 5.74) is -0.352. The number of rotatable bonds is 4. The zero-order valence-electron chi connectivity index (χ0n) is 11.4. The molecule has 0 aliphatic carbocycles. The maximum absolute atomic E-state index is 11.9. The Morgan fingerprint density at radius 3 is 2.33 bits per heavy atom. The SMILES string of the molecule is CN(CCOc1ccc(Cl)cc1)C(=O)C(C)(C)C. The van der Waals surface area contributed by atoms with E-state index in [9.17, 15) is 4.79 Å². The number of halogens is 1. The summed E-state index contributed by atoms with van der Waals surface area (Å²) in [6.45, 7) is 6.77. The van der Waals surface area contributed by atoms with Gasteiger partial charge in [-0.3, -0.25) is 4.79 Å². The maximum Gasteiger partial charge on any atom is 0.227 e. The van der Waals surface area contributed by atoms with Crippen LogP contribution in [0.5, 0.6) is 5.75 Å². The molecule has 0 saturated heterocycles. The first-order valence-corrected chi connectivity index (χ1v) is 6.32. The summed E-state index contributed by atoms with van der Waals surface area (Å²) in [5, 5.41) is 0.683. The van der Waals surface area contributed by atoms with E-state index in [1.165, 1.54) is 0 Å². The molecule has 0 bridgehead atoms. The summed E-state index contributed by atoms with van der Waals surface area (Å²) < 4.78 is 5.54. The quantitative estimate of drug-likeness (QED) is 0.840. The van der Waals surface area contributed by atoms with Crippen molar-refractivity contribution < 1.29 is 9.53 Å². The van der Waals surface area contributed by atoms with Gasteiger partial charge in [0.05, 0.1) is 6.54 Å². The third-order valence-electron chi connectivity index (χ3n) is 2.50. The second kappa shape index (κ2) is 6.10. The minimum Gasteiger partial charge on any atom is -0.492 e. The predicted octanol–water partition coefficient (Wildman–Crippen LogP) is 3.22. The standard InChI is InChI=1S/C14H20ClNO2/c1-14(2,3)13(17)16(4)9-10-18-12-7-5-11(15)6-8-12/h5-8H,9-10H2,1-4H3. The number of amides is 1. The average Bonchev–Trinajstić information content (AvgIpc) is 2.29. The van der Waals surface area contributed by atoms with E-state index in [1.807, 2.05) is 32.9 Å². The second-order valence-corrected chi connectivity index (χ2v) is 5.72. The highest BCUT2D eigenvalue weighted by molar-refractivity contribution is 6.30. The van der Waals surface area contributed by atoms with Gasteiger partial charge in [-0.05, 0) is 24.3 Å². The van der Waals surface area contributed by atoms with Crippen LogP contribution in [0.4, 0.5) is 0 Å². The van der Waals surface area contributed by atoms with Gasteiger partial charge in [0.25, 0.3) is 0 Å². The lowest BCUT2D eigenvalue weighted by atomic mass is 9.95. The van der Waals surface area contributed by atoms with E-state index in [0.29, 0.717) is 18.2 Å². The van der Waals surface area contributed by atoms with Crippen molar-refractivity contribution in [2.75, 3.05) is 20.2 Å². The Hall–Kier alpha value is -1.22. The molecule has 0 unspecified atom stereocenters. The van der Waals surface area contributed by atoms with Crippen molar-refractivity contribution in [3.05, 3.63) is 29.3 Å². The normalized spacial score (nSPS) is 11.2. The molecule has 0 N–H and O–H groups in total. The van der Waals surface area contributed by atoms with Gasteiger partial charge in [-0.25, -0.2) is 0 Å². The Labute approximate surface area is 114 Å². The number of carbonyl (C=O) groups is 1. The molecule has 0 spiro atoms. The lowest BCUT2D eigenvalue weighted by Gasteiger charge is -2.25. The first-order valence-electron chi connectivity index (χ1n) is 5.94. The van der Waals surface area contributed by atoms with Crippen molar-refractivity contribution in [1.29, 1.82) is 0 Å². The molecule has 1 aromatic carbocycles. The van der Waals surface area contributed by atoms with E-state index < -0.39 is 0 Å². The van der Waals surface area contributed by atoms with Gasteiger partial charge < -0.3 is 9.64 Å². The molecule has 0 aliphatic heterocycles. The highest BCUT2D eigenvalue weighted by Crippen LogP contribution is 2.17. The summed E-state index contributed by atoms with van der Waals surface area (Å²) in [7, 11) is 1.79. The maximum atomic E-state index is 11.9. The van der Waals surface area contributed by atoms with E-state index in [-0.39, 0.29) is 11.3 Å². The monoisotopic (exact) mass is 269 g/mol. The van der Waals surface area contributed by atoms with Gasteiger partial charge in [0.15, 0.2) is 0 Å². The van der Waals surface area contributed by atoms with Crippen LogP contribution in [0.25, 0.3) is 0 Å². The minimum absolute atomic E-state index is 0.113. The molecule has 18 heavy (non-hydrogen) atoms. The van der Waals surface area contributed by atoms with Gasteiger partial charge >= 0.3 is 0 Å². The van der Waals surface area contributed by atoms with E-state index in [0.717, 1.165) is 5.75 Å². The predicted molar refractivity (Wildman–Crippen MR) is 74.0 cm³/mol. The number of hydrogen-bond donors (Lipinski definition) is 0. The largest absolute Gasteiger partial charge is 0.492 e. The van der Waals surface area contributed by atoms with Gasteiger partial charge in [-0.1, -0.05) is 32.4 Å². The van der Waals surface area contributed by atoms with Crippen LogP contribution >= 0.6 is 11.6 Å². The van der Waals surface area contributed by atoms with Crippen LogP contribution in [0.15, 0.2) is 24.3 Å². The molecule has 0 heterocycles.